The molecule has 0 aliphatic carbocycles. The summed E-state index contributed by atoms with van der Waals surface area (Å²) in [5.74, 6) is 0.821. The van der Waals surface area contributed by atoms with Gasteiger partial charge in [0.1, 0.15) is 0 Å². The van der Waals surface area contributed by atoms with Gasteiger partial charge in [-0.3, -0.25) is 4.90 Å². The number of piperidine rings is 1. The van der Waals surface area contributed by atoms with E-state index in [0.29, 0.717) is 6.04 Å². The second-order valence-corrected chi connectivity index (χ2v) is 6.02. The Bertz CT molecular complexity index is 356. The third-order valence-corrected chi connectivity index (χ3v) is 4.68. The summed E-state index contributed by atoms with van der Waals surface area (Å²) < 4.78 is 0. The summed E-state index contributed by atoms with van der Waals surface area (Å²) in [6.45, 7) is 7.41. The minimum Gasteiger partial charge on any atom is -0.329 e. The number of likely N-dealkylation sites (tertiary alicyclic amines) is 1. The maximum absolute atomic E-state index is 5.88. The molecule has 1 aliphatic rings. The van der Waals surface area contributed by atoms with Crippen LogP contribution in [0.1, 0.15) is 37.4 Å². The molecule has 1 saturated heterocycles. The number of rotatable bonds is 4. The van der Waals surface area contributed by atoms with Crippen LogP contribution in [0.5, 0.6) is 0 Å². The molecule has 18 heavy (non-hydrogen) atoms. The lowest BCUT2D eigenvalue weighted by Gasteiger charge is -2.37. The highest BCUT2D eigenvalue weighted by Crippen LogP contribution is 2.24. The number of thiazole rings is 1. The average Bonchev–Trinajstić information content (AvgIpc) is 2.79. The molecule has 2 rings (SSSR count). The molecular weight excluding hydrogens is 266 g/mol. The standard InChI is InChI=1S/C13H23N3S.ClH/c1-3-13-15-11(9-17-13)8-16-5-4-10(2)6-12(16)7-14;/h9-10,12H,3-8,14H2,1-2H3;1H. The summed E-state index contributed by atoms with van der Waals surface area (Å²) in [6, 6.07) is 0.547. The minimum absolute atomic E-state index is 0. The van der Waals surface area contributed by atoms with Gasteiger partial charge < -0.3 is 5.73 Å². The minimum atomic E-state index is 0. The van der Waals surface area contributed by atoms with E-state index < -0.39 is 0 Å². The summed E-state index contributed by atoms with van der Waals surface area (Å²) in [5.41, 5.74) is 7.10. The topological polar surface area (TPSA) is 42.2 Å². The Morgan fingerprint density at radius 1 is 1.56 bits per heavy atom. The Balaban J connectivity index is 0.00000162. The average molecular weight is 290 g/mol. The number of aryl methyl sites for hydroxylation is 1. The Morgan fingerprint density at radius 2 is 2.33 bits per heavy atom. The Labute approximate surface area is 120 Å². The van der Waals surface area contributed by atoms with Crippen LogP contribution in [-0.2, 0) is 13.0 Å². The van der Waals surface area contributed by atoms with E-state index in [-0.39, 0.29) is 12.4 Å². The summed E-state index contributed by atoms with van der Waals surface area (Å²) in [4.78, 5) is 7.16. The van der Waals surface area contributed by atoms with Gasteiger partial charge in [0.15, 0.2) is 0 Å². The number of nitrogens with zero attached hydrogens (tertiary/aromatic N) is 2. The smallest absolute Gasteiger partial charge is 0.0926 e. The quantitative estimate of drug-likeness (QED) is 0.927. The van der Waals surface area contributed by atoms with Crippen LogP contribution >= 0.6 is 23.7 Å². The lowest BCUT2D eigenvalue weighted by atomic mass is 9.92. The first kappa shape index (κ1) is 15.9. The zero-order valence-corrected chi connectivity index (χ0v) is 12.9. The van der Waals surface area contributed by atoms with Crippen LogP contribution in [0.15, 0.2) is 5.38 Å². The van der Waals surface area contributed by atoms with Crippen molar-refractivity contribution in [3.05, 3.63) is 16.1 Å². The summed E-state index contributed by atoms with van der Waals surface area (Å²) in [6.07, 6.45) is 3.57. The number of halogens is 1. The highest BCUT2D eigenvalue weighted by molar-refractivity contribution is 7.09. The Kier molecular flexibility index (Phi) is 6.57. The van der Waals surface area contributed by atoms with Gasteiger partial charge in [0.05, 0.1) is 10.7 Å². The van der Waals surface area contributed by atoms with E-state index in [1.807, 2.05) is 0 Å². The molecule has 3 nitrogen and oxygen atoms in total. The molecule has 1 aliphatic heterocycles. The molecule has 0 amide bonds. The molecule has 2 heterocycles. The van der Waals surface area contributed by atoms with Crippen molar-refractivity contribution in [3.63, 3.8) is 0 Å². The van der Waals surface area contributed by atoms with Crippen LogP contribution in [0.4, 0.5) is 0 Å². The SMILES string of the molecule is CCc1nc(CN2CCC(C)CC2CN)cs1.Cl. The Hall–Kier alpha value is -0.160. The number of hydrogen-bond donors (Lipinski definition) is 1. The monoisotopic (exact) mass is 289 g/mol. The van der Waals surface area contributed by atoms with Crippen molar-refractivity contribution in [2.75, 3.05) is 13.1 Å². The first-order valence-corrected chi connectivity index (χ1v) is 7.48. The zero-order valence-electron chi connectivity index (χ0n) is 11.3. The molecule has 0 spiro atoms. The van der Waals surface area contributed by atoms with Gasteiger partial charge in [-0.15, -0.1) is 23.7 Å². The van der Waals surface area contributed by atoms with Crippen molar-refractivity contribution in [1.82, 2.24) is 9.88 Å². The highest BCUT2D eigenvalue weighted by Gasteiger charge is 2.25. The number of nitrogens with two attached hydrogens (primary N) is 1. The zero-order chi connectivity index (χ0) is 12.3. The molecule has 2 atom stereocenters. The van der Waals surface area contributed by atoms with E-state index in [0.717, 1.165) is 25.4 Å². The van der Waals surface area contributed by atoms with E-state index in [1.54, 1.807) is 11.3 Å². The number of aromatic nitrogens is 1. The van der Waals surface area contributed by atoms with Crippen molar-refractivity contribution >= 4 is 23.7 Å². The lowest BCUT2D eigenvalue weighted by Crippen LogP contribution is -2.45. The van der Waals surface area contributed by atoms with Gasteiger partial charge in [-0.05, 0) is 31.7 Å². The molecule has 2 N–H and O–H groups in total. The molecular formula is C13H24ClN3S. The van der Waals surface area contributed by atoms with E-state index in [1.165, 1.54) is 30.1 Å². The van der Waals surface area contributed by atoms with Crippen molar-refractivity contribution in [2.45, 2.75) is 45.7 Å². The summed E-state index contributed by atoms with van der Waals surface area (Å²) in [7, 11) is 0. The molecule has 5 heteroatoms. The predicted molar refractivity (Wildman–Crippen MR) is 80.4 cm³/mol. The fraction of sp³-hybridized carbons (Fsp3) is 0.769. The summed E-state index contributed by atoms with van der Waals surface area (Å²) >= 11 is 1.78. The van der Waals surface area contributed by atoms with Crippen LogP contribution in [0.25, 0.3) is 0 Å². The van der Waals surface area contributed by atoms with Gasteiger partial charge in [0, 0.05) is 24.5 Å². The van der Waals surface area contributed by atoms with Gasteiger partial charge >= 0.3 is 0 Å². The van der Waals surface area contributed by atoms with E-state index in [2.05, 4.69) is 29.1 Å². The highest BCUT2D eigenvalue weighted by atomic mass is 35.5. The third-order valence-electron chi connectivity index (χ3n) is 3.64. The second kappa shape index (κ2) is 7.43. The predicted octanol–water partition coefficient (Wildman–Crippen LogP) is 2.69. The first-order valence-electron chi connectivity index (χ1n) is 6.60. The van der Waals surface area contributed by atoms with Crippen molar-refractivity contribution in [1.29, 1.82) is 0 Å². The van der Waals surface area contributed by atoms with E-state index in [4.69, 9.17) is 5.73 Å². The van der Waals surface area contributed by atoms with E-state index in [9.17, 15) is 0 Å². The van der Waals surface area contributed by atoms with Gasteiger partial charge in [0.25, 0.3) is 0 Å². The van der Waals surface area contributed by atoms with Crippen LogP contribution in [-0.4, -0.2) is 29.0 Å². The molecule has 0 saturated carbocycles. The lowest BCUT2D eigenvalue weighted by molar-refractivity contribution is 0.114. The fourth-order valence-corrected chi connectivity index (χ4v) is 3.28. The van der Waals surface area contributed by atoms with Crippen molar-refractivity contribution in [3.8, 4) is 0 Å². The van der Waals surface area contributed by atoms with Crippen molar-refractivity contribution < 1.29 is 0 Å². The molecule has 2 unspecified atom stereocenters. The van der Waals surface area contributed by atoms with E-state index >= 15 is 0 Å². The van der Waals surface area contributed by atoms with Crippen LogP contribution in [0, 0.1) is 5.92 Å². The van der Waals surface area contributed by atoms with Gasteiger partial charge in [-0.2, -0.15) is 0 Å². The largest absolute Gasteiger partial charge is 0.329 e. The second-order valence-electron chi connectivity index (χ2n) is 5.08. The fourth-order valence-electron chi connectivity index (χ4n) is 2.55. The van der Waals surface area contributed by atoms with Gasteiger partial charge in [0.2, 0.25) is 0 Å². The van der Waals surface area contributed by atoms with Crippen LogP contribution < -0.4 is 5.73 Å². The summed E-state index contributed by atoms with van der Waals surface area (Å²) in [5, 5.41) is 3.44. The maximum atomic E-state index is 5.88. The molecule has 1 fully saturated rings. The van der Waals surface area contributed by atoms with Gasteiger partial charge in [-0.25, -0.2) is 4.98 Å². The molecule has 1 aromatic rings. The molecule has 1 aromatic heterocycles. The van der Waals surface area contributed by atoms with Crippen LogP contribution in [0.3, 0.4) is 0 Å². The molecule has 0 bridgehead atoms. The van der Waals surface area contributed by atoms with Crippen molar-refractivity contribution in [2.24, 2.45) is 11.7 Å². The first-order chi connectivity index (χ1) is 8.22. The third kappa shape index (κ3) is 3.92. The maximum Gasteiger partial charge on any atom is 0.0926 e. The Morgan fingerprint density at radius 3 is 2.94 bits per heavy atom. The van der Waals surface area contributed by atoms with Crippen LogP contribution in [0.2, 0.25) is 0 Å². The number of hydrogen-bond acceptors (Lipinski definition) is 4. The molecule has 104 valence electrons. The van der Waals surface area contributed by atoms with Gasteiger partial charge in [-0.1, -0.05) is 13.8 Å². The molecule has 0 aromatic carbocycles. The normalized spacial score (nSPS) is 24.8. The molecule has 0 radical (unpaired) electrons.